The Kier molecular flexibility index (Phi) is 8.69. The van der Waals surface area contributed by atoms with Crippen LogP contribution in [0.15, 0.2) is 64.8 Å². The minimum Gasteiger partial charge on any atom is -0.362 e. The summed E-state index contributed by atoms with van der Waals surface area (Å²) in [6, 6.07) is 16.0. The summed E-state index contributed by atoms with van der Waals surface area (Å²) in [6.07, 6.45) is 3.50. The molecule has 5 nitrogen and oxygen atoms in total. The van der Waals surface area contributed by atoms with Crippen molar-refractivity contribution in [1.82, 2.24) is 9.80 Å². The molecule has 2 fully saturated rings. The zero-order valence-electron chi connectivity index (χ0n) is 21.5. The number of amidine groups is 1. The number of thioether (sulfide) groups is 1. The lowest BCUT2D eigenvalue weighted by molar-refractivity contribution is 0.102. The van der Waals surface area contributed by atoms with Gasteiger partial charge in [-0.15, -0.1) is 0 Å². The number of carbonyl (C=O) groups is 1. The van der Waals surface area contributed by atoms with Crippen molar-refractivity contribution >= 4 is 29.2 Å². The molecule has 1 saturated heterocycles. The van der Waals surface area contributed by atoms with Crippen LogP contribution in [-0.4, -0.2) is 60.2 Å². The van der Waals surface area contributed by atoms with Crippen LogP contribution in [-0.2, 0) is 6.54 Å². The zero-order valence-corrected chi connectivity index (χ0v) is 22.3. The van der Waals surface area contributed by atoms with Crippen LogP contribution in [0.5, 0.6) is 0 Å². The third kappa shape index (κ3) is 6.98. The van der Waals surface area contributed by atoms with Gasteiger partial charge in [0.15, 0.2) is 0 Å². The molecule has 1 N–H and O–H groups in total. The largest absolute Gasteiger partial charge is 0.362 e. The molecule has 4 rings (SSSR count). The number of anilines is 1. The second-order valence-corrected chi connectivity index (χ2v) is 11.0. The van der Waals surface area contributed by atoms with E-state index < -0.39 is 0 Å². The molecular weight excluding hydrogens is 452 g/mol. The molecule has 1 saturated carbocycles. The molecule has 2 aromatic carbocycles. The van der Waals surface area contributed by atoms with Gasteiger partial charge in [-0.2, -0.15) is 11.8 Å². The number of aliphatic imine (C=N–C) groups is 1. The number of carbonyl (C=O) groups excluding carboxylic acids is 1. The fourth-order valence-electron chi connectivity index (χ4n) is 4.34. The second-order valence-electron chi connectivity index (χ2n) is 9.74. The first-order valence-electron chi connectivity index (χ1n) is 12.7. The Morgan fingerprint density at radius 3 is 2.43 bits per heavy atom. The van der Waals surface area contributed by atoms with Crippen LogP contribution in [0.3, 0.4) is 0 Å². The van der Waals surface area contributed by atoms with E-state index in [1.54, 1.807) is 0 Å². The molecule has 35 heavy (non-hydrogen) atoms. The highest BCUT2D eigenvalue weighted by molar-refractivity contribution is 7.99. The van der Waals surface area contributed by atoms with E-state index in [0.717, 1.165) is 43.1 Å². The van der Waals surface area contributed by atoms with Gasteiger partial charge in [-0.3, -0.25) is 9.69 Å². The van der Waals surface area contributed by atoms with Gasteiger partial charge in [0.25, 0.3) is 5.91 Å². The summed E-state index contributed by atoms with van der Waals surface area (Å²) in [5.41, 5.74) is 6.35. The second kappa shape index (κ2) is 11.9. The van der Waals surface area contributed by atoms with Crippen molar-refractivity contribution in [2.75, 3.05) is 44.0 Å². The Morgan fingerprint density at radius 2 is 1.80 bits per heavy atom. The lowest BCUT2D eigenvalue weighted by atomic mass is 10.1. The van der Waals surface area contributed by atoms with Crippen LogP contribution in [0.2, 0.25) is 0 Å². The Bertz CT molecular complexity index is 1080. The van der Waals surface area contributed by atoms with Crippen molar-refractivity contribution in [2.24, 2.45) is 10.9 Å². The molecule has 186 valence electrons. The standard InChI is InChI=1S/C29H38N4OS/c1-5-21(2)27(23-9-10-23)31-28(32(3)4)24-11-13-26(14-12-24)30-29(34)25-8-6-7-22(19-25)20-33-15-17-35-18-16-33/h6-8,11-14,19,23H,5,9-10,15-18,20H2,1-4H3,(H,30,34)/b27-21-,31-28?. The van der Waals surface area contributed by atoms with Crippen LogP contribution >= 0.6 is 11.8 Å². The highest BCUT2D eigenvalue weighted by Gasteiger charge is 2.28. The van der Waals surface area contributed by atoms with Crippen LogP contribution < -0.4 is 5.32 Å². The third-order valence-electron chi connectivity index (χ3n) is 6.68. The van der Waals surface area contributed by atoms with Crippen molar-refractivity contribution in [3.05, 3.63) is 76.5 Å². The molecule has 1 aliphatic heterocycles. The summed E-state index contributed by atoms with van der Waals surface area (Å²) in [5, 5.41) is 3.06. The number of benzene rings is 2. The molecule has 0 radical (unpaired) electrons. The molecular formula is C29H38N4OS. The maximum absolute atomic E-state index is 13.0. The third-order valence-corrected chi connectivity index (χ3v) is 7.62. The van der Waals surface area contributed by atoms with Crippen molar-refractivity contribution in [2.45, 2.75) is 39.7 Å². The lowest BCUT2D eigenvalue weighted by Gasteiger charge is -2.26. The number of allylic oxidation sites excluding steroid dienone is 2. The maximum Gasteiger partial charge on any atom is 0.255 e. The van der Waals surface area contributed by atoms with E-state index in [-0.39, 0.29) is 5.91 Å². The van der Waals surface area contributed by atoms with E-state index in [0.29, 0.717) is 11.5 Å². The molecule has 0 bridgehead atoms. The Balaban J connectivity index is 1.45. The molecule has 0 spiro atoms. The van der Waals surface area contributed by atoms with Crippen molar-refractivity contribution in [1.29, 1.82) is 0 Å². The van der Waals surface area contributed by atoms with E-state index in [9.17, 15) is 4.79 Å². The highest BCUT2D eigenvalue weighted by atomic mass is 32.2. The minimum atomic E-state index is -0.0761. The van der Waals surface area contributed by atoms with Crippen LogP contribution in [0.1, 0.15) is 54.6 Å². The molecule has 0 unspecified atom stereocenters. The van der Waals surface area contributed by atoms with Gasteiger partial charge >= 0.3 is 0 Å². The van der Waals surface area contributed by atoms with Gasteiger partial charge in [-0.25, -0.2) is 4.99 Å². The number of nitrogens with one attached hydrogen (secondary N) is 1. The van der Waals surface area contributed by atoms with Gasteiger partial charge in [-0.05, 0) is 68.1 Å². The summed E-state index contributed by atoms with van der Waals surface area (Å²) >= 11 is 2.01. The zero-order chi connectivity index (χ0) is 24.8. The molecule has 0 atom stereocenters. The highest BCUT2D eigenvalue weighted by Crippen LogP contribution is 2.39. The summed E-state index contributed by atoms with van der Waals surface area (Å²) in [7, 11) is 4.08. The normalized spacial score (nSPS) is 17.7. The predicted octanol–water partition coefficient (Wildman–Crippen LogP) is 5.89. The van der Waals surface area contributed by atoms with E-state index in [2.05, 4.69) is 35.0 Å². The van der Waals surface area contributed by atoms with Crippen LogP contribution in [0.25, 0.3) is 0 Å². The SMILES string of the molecule is CC/C(C)=C(\N=C(c1ccc(NC(=O)c2cccc(CN3CCSCC3)c2)cc1)N(C)C)C1CC1. The number of amides is 1. The fourth-order valence-corrected chi connectivity index (χ4v) is 5.32. The number of nitrogens with zero attached hydrogens (tertiary/aromatic N) is 3. The van der Waals surface area contributed by atoms with Crippen molar-refractivity contribution in [3.8, 4) is 0 Å². The maximum atomic E-state index is 13.0. The fraction of sp³-hybridized carbons (Fsp3) is 0.448. The van der Waals surface area contributed by atoms with Crippen LogP contribution in [0.4, 0.5) is 5.69 Å². The molecule has 6 heteroatoms. The molecule has 1 amide bonds. The molecule has 2 aliphatic rings. The minimum absolute atomic E-state index is 0.0761. The average molecular weight is 491 g/mol. The molecule has 0 aromatic heterocycles. The number of rotatable bonds is 8. The van der Waals surface area contributed by atoms with Gasteiger partial charge in [0.1, 0.15) is 5.84 Å². The first-order chi connectivity index (χ1) is 16.9. The van der Waals surface area contributed by atoms with Gasteiger partial charge < -0.3 is 10.2 Å². The molecule has 2 aromatic rings. The van der Waals surface area contributed by atoms with Crippen molar-refractivity contribution in [3.63, 3.8) is 0 Å². The Morgan fingerprint density at radius 1 is 1.09 bits per heavy atom. The Labute approximate surface area is 214 Å². The Hall–Kier alpha value is -2.57. The van der Waals surface area contributed by atoms with Gasteiger partial charge in [0.2, 0.25) is 0 Å². The molecule has 1 heterocycles. The summed E-state index contributed by atoms with van der Waals surface area (Å²) in [6.45, 7) is 7.52. The van der Waals surface area contributed by atoms with E-state index in [1.165, 1.54) is 41.2 Å². The first kappa shape index (κ1) is 25.5. The lowest BCUT2D eigenvalue weighted by Crippen LogP contribution is -2.32. The summed E-state index contributed by atoms with van der Waals surface area (Å²) in [5.74, 6) is 3.86. The van der Waals surface area contributed by atoms with Gasteiger partial charge in [-0.1, -0.05) is 24.6 Å². The van der Waals surface area contributed by atoms with E-state index >= 15 is 0 Å². The first-order valence-corrected chi connectivity index (χ1v) is 13.9. The summed E-state index contributed by atoms with van der Waals surface area (Å²) in [4.78, 5) is 22.6. The van der Waals surface area contributed by atoms with Crippen molar-refractivity contribution < 1.29 is 4.79 Å². The topological polar surface area (TPSA) is 47.9 Å². The van der Waals surface area contributed by atoms with Gasteiger partial charge in [0, 0.05) is 73.7 Å². The average Bonchev–Trinajstić information content (AvgIpc) is 3.71. The predicted molar refractivity (Wildman–Crippen MR) is 149 cm³/mol. The quantitative estimate of drug-likeness (QED) is 0.370. The monoisotopic (exact) mass is 490 g/mol. The van der Waals surface area contributed by atoms with E-state index in [4.69, 9.17) is 4.99 Å². The smallest absolute Gasteiger partial charge is 0.255 e. The summed E-state index contributed by atoms with van der Waals surface area (Å²) < 4.78 is 0. The van der Waals surface area contributed by atoms with E-state index in [1.807, 2.05) is 68.3 Å². The van der Waals surface area contributed by atoms with Crippen LogP contribution in [0, 0.1) is 5.92 Å². The van der Waals surface area contributed by atoms with Gasteiger partial charge in [0.05, 0.1) is 0 Å². The number of hydrogen-bond donors (Lipinski definition) is 1. The molecule has 1 aliphatic carbocycles. The number of hydrogen-bond acceptors (Lipinski definition) is 4.